The monoisotopic (exact) mass is 392 g/mol. The molecular formula is C22H20N2O5. The van der Waals surface area contributed by atoms with E-state index in [4.69, 9.17) is 13.9 Å². The Kier molecular flexibility index (Phi) is 4.50. The molecular weight excluding hydrogens is 372 g/mol. The Morgan fingerprint density at radius 2 is 2.10 bits per heavy atom. The number of carbonyl (C=O) groups is 1. The number of fused-ring (bicyclic) bond motifs is 3. The standard InChI is InChI=1S/C22H20N2O5/c1-22(2)10-9-15-16(29-22)8-7-13-11-18(28-20(13)15)21(26)24-23-12-14-5-4-6-17(27-3)19(14)25/h4-12,25H,1-3H3,(H,24,26)/b23-12+. The Labute approximate surface area is 167 Å². The van der Waals surface area contributed by atoms with Gasteiger partial charge in [-0.1, -0.05) is 6.07 Å². The van der Waals surface area contributed by atoms with Crippen LogP contribution in [0.25, 0.3) is 17.0 Å². The third-order valence-electron chi connectivity index (χ3n) is 4.55. The van der Waals surface area contributed by atoms with Crippen LogP contribution in [0.3, 0.4) is 0 Å². The summed E-state index contributed by atoms with van der Waals surface area (Å²) in [5, 5.41) is 14.7. The Hall–Kier alpha value is -3.74. The molecule has 0 unspecified atom stereocenters. The molecule has 29 heavy (non-hydrogen) atoms. The summed E-state index contributed by atoms with van der Waals surface area (Å²) in [6.07, 6.45) is 5.22. The van der Waals surface area contributed by atoms with Crippen molar-refractivity contribution in [2.45, 2.75) is 19.4 Å². The summed E-state index contributed by atoms with van der Waals surface area (Å²) >= 11 is 0. The predicted molar refractivity (Wildman–Crippen MR) is 110 cm³/mol. The third-order valence-corrected chi connectivity index (χ3v) is 4.55. The van der Waals surface area contributed by atoms with Gasteiger partial charge in [0.2, 0.25) is 0 Å². The highest BCUT2D eigenvalue weighted by Crippen LogP contribution is 2.37. The molecule has 2 heterocycles. The zero-order chi connectivity index (χ0) is 20.6. The van der Waals surface area contributed by atoms with Gasteiger partial charge in [-0.15, -0.1) is 0 Å². The molecule has 7 heteroatoms. The minimum Gasteiger partial charge on any atom is -0.504 e. The van der Waals surface area contributed by atoms with Gasteiger partial charge >= 0.3 is 5.91 Å². The number of phenols is 1. The molecule has 3 aromatic rings. The number of ether oxygens (including phenoxy) is 2. The molecule has 0 spiro atoms. The summed E-state index contributed by atoms with van der Waals surface area (Å²) in [6, 6.07) is 10.3. The Morgan fingerprint density at radius 3 is 2.90 bits per heavy atom. The summed E-state index contributed by atoms with van der Waals surface area (Å²) in [5.74, 6) is 0.588. The number of para-hydroxylation sites is 1. The minimum absolute atomic E-state index is 0.0573. The van der Waals surface area contributed by atoms with E-state index in [0.29, 0.717) is 22.6 Å². The number of nitrogens with zero attached hydrogens (tertiary/aromatic N) is 1. The lowest BCUT2D eigenvalue weighted by atomic mass is 10.0. The van der Waals surface area contributed by atoms with E-state index in [1.165, 1.54) is 13.3 Å². The molecule has 0 bridgehead atoms. The molecule has 0 aliphatic carbocycles. The van der Waals surface area contributed by atoms with Gasteiger partial charge in [-0.3, -0.25) is 4.79 Å². The highest BCUT2D eigenvalue weighted by Gasteiger charge is 2.24. The van der Waals surface area contributed by atoms with E-state index in [2.05, 4.69) is 10.5 Å². The second-order valence-electron chi connectivity index (χ2n) is 7.14. The number of hydrogen-bond acceptors (Lipinski definition) is 6. The number of rotatable bonds is 4. The van der Waals surface area contributed by atoms with Crippen LogP contribution in [-0.4, -0.2) is 29.9 Å². The number of aromatic hydroxyl groups is 1. The van der Waals surface area contributed by atoms with Crippen molar-refractivity contribution < 1.29 is 23.8 Å². The highest BCUT2D eigenvalue weighted by atomic mass is 16.5. The molecule has 7 nitrogen and oxygen atoms in total. The van der Waals surface area contributed by atoms with Gasteiger partial charge in [0.1, 0.15) is 16.9 Å². The molecule has 2 N–H and O–H groups in total. The first-order chi connectivity index (χ1) is 13.9. The van der Waals surface area contributed by atoms with Gasteiger partial charge in [-0.05, 0) is 56.3 Å². The van der Waals surface area contributed by atoms with Crippen molar-refractivity contribution in [2.75, 3.05) is 7.11 Å². The van der Waals surface area contributed by atoms with Crippen molar-refractivity contribution in [2.24, 2.45) is 5.10 Å². The van der Waals surface area contributed by atoms with Crippen molar-refractivity contribution in [3.63, 3.8) is 0 Å². The number of methoxy groups -OCH3 is 1. The van der Waals surface area contributed by atoms with E-state index in [1.54, 1.807) is 24.3 Å². The summed E-state index contributed by atoms with van der Waals surface area (Å²) in [7, 11) is 1.46. The summed E-state index contributed by atoms with van der Waals surface area (Å²) in [4.78, 5) is 12.4. The Bertz CT molecular complexity index is 1160. The van der Waals surface area contributed by atoms with E-state index in [-0.39, 0.29) is 11.5 Å². The van der Waals surface area contributed by atoms with Gasteiger partial charge in [-0.2, -0.15) is 5.10 Å². The van der Waals surface area contributed by atoms with Crippen LogP contribution in [0.1, 0.15) is 35.5 Å². The number of hydrazone groups is 1. The number of carbonyl (C=O) groups excluding carboxylic acids is 1. The lowest BCUT2D eigenvalue weighted by Crippen LogP contribution is -2.27. The molecule has 0 saturated carbocycles. The van der Waals surface area contributed by atoms with Crippen LogP contribution >= 0.6 is 0 Å². The normalized spacial score (nSPS) is 14.6. The number of benzene rings is 2. The number of hydrogen-bond donors (Lipinski definition) is 2. The van der Waals surface area contributed by atoms with Crippen molar-refractivity contribution in [3.8, 4) is 17.2 Å². The summed E-state index contributed by atoms with van der Waals surface area (Å²) in [6.45, 7) is 3.94. The van der Waals surface area contributed by atoms with Gasteiger partial charge < -0.3 is 19.0 Å². The molecule has 1 aliphatic heterocycles. The molecule has 2 aromatic carbocycles. The van der Waals surface area contributed by atoms with Gasteiger partial charge in [0, 0.05) is 10.9 Å². The average Bonchev–Trinajstić information content (AvgIpc) is 3.13. The fourth-order valence-corrected chi connectivity index (χ4v) is 3.09. The molecule has 1 aliphatic rings. The lowest BCUT2D eigenvalue weighted by Gasteiger charge is -2.27. The van der Waals surface area contributed by atoms with Crippen LogP contribution in [0.4, 0.5) is 0 Å². The predicted octanol–water partition coefficient (Wildman–Crippen LogP) is 4.10. The molecule has 0 atom stereocenters. The SMILES string of the molecule is COc1cccc(/C=N/NC(=O)c2cc3ccc4c(c3o2)C=CC(C)(C)O4)c1O. The fraction of sp³-hybridized carbons (Fsp3) is 0.182. The lowest BCUT2D eigenvalue weighted by molar-refractivity contribution is 0.0929. The molecule has 0 fully saturated rings. The van der Waals surface area contributed by atoms with Crippen molar-refractivity contribution in [1.82, 2.24) is 5.43 Å². The maximum absolute atomic E-state index is 12.4. The van der Waals surface area contributed by atoms with Crippen LogP contribution < -0.4 is 14.9 Å². The van der Waals surface area contributed by atoms with Gasteiger partial charge in [0.15, 0.2) is 17.3 Å². The maximum Gasteiger partial charge on any atom is 0.307 e. The topological polar surface area (TPSA) is 93.3 Å². The second-order valence-corrected chi connectivity index (χ2v) is 7.14. The first-order valence-corrected chi connectivity index (χ1v) is 9.02. The summed E-state index contributed by atoms with van der Waals surface area (Å²) in [5.41, 5.74) is 3.79. The van der Waals surface area contributed by atoms with Crippen LogP contribution in [0, 0.1) is 0 Å². The smallest absolute Gasteiger partial charge is 0.307 e. The Morgan fingerprint density at radius 1 is 1.28 bits per heavy atom. The first-order valence-electron chi connectivity index (χ1n) is 9.02. The fourth-order valence-electron chi connectivity index (χ4n) is 3.09. The zero-order valence-electron chi connectivity index (χ0n) is 16.2. The molecule has 4 rings (SSSR count). The van der Waals surface area contributed by atoms with Crippen LogP contribution in [0.2, 0.25) is 0 Å². The zero-order valence-corrected chi connectivity index (χ0v) is 16.2. The van der Waals surface area contributed by atoms with Crippen molar-refractivity contribution in [3.05, 3.63) is 59.4 Å². The summed E-state index contributed by atoms with van der Waals surface area (Å²) < 4.78 is 16.8. The molecule has 148 valence electrons. The van der Waals surface area contributed by atoms with Crippen LogP contribution in [0.5, 0.6) is 17.2 Å². The minimum atomic E-state index is -0.505. The number of amides is 1. The third kappa shape index (κ3) is 3.54. The average molecular weight is 392 g/mol. The van der Waals surface area contributed by atoms with E-state index < -0.39 is 11.5 Å². The van der Waals surface area contributed by atoms with Crippen LogP contribution in [-0.2, 0) is 0 Å². The number of phenolic OH excluding ortho intramolecular Hbond substituents is 1. The quantitative estimate of drug-likeness (QED) is 0.515. The molecule has 1 aromatic heterocycles. The van der Waals surface area contributed by atoms with Gasteiger partial charge in [0.05, 0.1) is 18.9 Å². The van der Waals surface area contributed by atoms with Crippen molar-refractivity contribution in [1.29, 1.82) is 0 Å². The van der Waals surface area contributed by atoms with Crippen LogP contribution in [0.15, 0.2) is 52.0 Å². The second kappa shape index (κ2) is 7.01. The molecule has 0 radical (unpaired) electrons. The van der Waals surface area contributed by atoms with E-state index in [9.17, 15) is 9.90 Å². The van der Waals surface area contributed by atoms with Gasteiger partial charge in [0.25, 0.3) is 0 Å². The number of nitrogens with one attached hydrogen (secondary N) is 1. The van der Waals surface area contributed by atoms with Crippen molar-refractivity contribution >= 4 is 29.2 Å². The maximum atomic E-state index is 12.4. The van der Waals surface area contributed by atoms with E-state index in [0.717, 1.165) is 10.9 Å². The number of furan rings is 1. The van der Waals surface area contributed by atoms with E-state index >= 15 is 0 Å². The molecule has 1 amide bonds. The van der Waals surface area contributed by atoms with E-state index in [1.807, 2.05) is 38.1 Å². The Balaban J connectivity index is 1.55. The van der Waals surface area contributed by atoms with Gasteiger partial charge in [-0.25, -0.2) is 5.43 Å². The first kappa shape index (κ1) is 18.6. The highest BCUT2D eigenvalue weighted by molar-refractivity contribution is 5.99. The molecule has 0 saturated heterocycles. The largest absolute Gasteiger partial charge is 0.504 e.